The summed E-state index contributed by atoms with van der Waals surface area (Å²) in [5.74, 6) is -0.597. The molecule has 0 aliphatic carbocycles. The Hall–Kier alpha value is -3.80. The zero-order valence-electron chi connectivity index (χ0n) is 19.3. The Balaban J connectivity index is 1.69. The molecule has 0 bridgehead atoms. The van der Waals surface area contributed by atoms with Crippen molar-refractivity contribution in [2.24, 2.45) is 0 Å². The molecule has 33 heavy (non-hydrogen) atoms. The fourth-order valence-electron chi connectivity index (χ4n) is 3.44. The van der Waals surface area contributed by atoms with E-state index in [-0.39, 0.29) is 18.9 Å². The van der Waals surface area contributed by atoms with Gasteiger partial charge in [0.1, 0.15) is 5.75 Å². The molecule has 2 N–H and O–H groups in total. The van der Waals surface area contributed by atoms with Crippen molar-refractivity contribution >= 4 is 34.0 Å². The van der Waals surface area contributed by atoms with Crippen molar-refractivity contribution < 1.29 is 19.4 Å². The number of rotatable bonds is 10. The summed E-state index contributed by atoms with van der Waals surface area (Å²) in [4.78, 5) is 23.3. The predicted octanol–water partition coefficient (Wildman–Crippen LogP) is 5.89. The number of aliphatic carboxylic acids is 1. The van der Waals surface area contributed by atoms with Crippen LogP contribution in [-0.4, -0.2) is 28.2 Å². The van der Waals surface area contributed by atoms with Crippen molar-refractivity contribution in [2.45, 2.75) is 40.2 Å². The van der Waals surface area contributed by atoms with Crippen LogP contribution in [0.5, 0.6) is 5.75 Å². The normalized spacial score (nSPS) is 11.3. The smallest absolute Gasteiger partial charge is 0.303 e. The number of carbonyl (C=O) groups excluding carboxylic acids is 1. The number of carbonyl (C=O) groups is 2. The van der Waals surface area contributed by atoms with Gasteiger partial charge in [-0.05, 0) is 68.7 Å². The highest BCUT2D eigenvalue weighted by atomic mass is 16.5. The quantitative estimate of drug-likeness (QED) is 0.231. The Morgan fingerprint density at radius 2 is 1.88 bits per heavy atom. The van der Waals surface area contributed by atoms with Crippen molar-refractivity contribution in [3.8, 4) is 5.75 Å². The maximum atomic E-state index is 12.7. The molecule has 6 nitrogen and oxygen atoms in total. The first-order valence-corrected chi connectivity index (χ1v) is 11.0. The van der Waals surface area contributed by atoms with Crippen molar-refractivity contribution in [3.63, 3.8) is 0 Å². The van der Waals surface area contributed by atoms with Crippen LogP contribution in [0.3, 0.4) is 0 Å². The molecule has 1 aromatic heterocycles. The van der Waals surface area contributed by atoms with Crippen molar-refractivity contribution in [1.29, 1.82) is 0 Å². The second kappa shape index (κ2) is 11.2. The summed E-state index contributed by atoms with van der Waals surface area (Å²) in [6.07, 6.45) is 6.28. The van der Waals surface area contributed by atoms with E-state index < -0.39 is 5.97 Å². The molecule has 3 rings (SSSR count). The van der Waals surface area contributed by atoms with E-state index in [1.165, 1.54) is 5.57 Å². The fourth-order valence-corrected chi connectivity index (χ4v) is 3.44. The summed E-state index contributed by atoms with van der Waals surface area (Å²) in [5.41, 5.74) is 4.82. The number of nitrogens with one attached hydrogen (secondary N) is 1. The van der Waals surface area contributed by atoms with Gasteiger partial charge in [-0.3, -0.25) is 9.59 Å². The maximum Gasteiger partial charge on any atom is 0.303 e. The molecule has 0 spiro atoms. The molecular weight excluding hydrogens is 416 g/mol. The Bertz CT molecular complexity index is 1200. The van der Waals surface area contributed by atoms with Gasteiger partial charge in [0.25, 0.3) is 0 Å². The molecule has 6 heteroatoms. The van der Waals surface area contributed by atoms with Crippen LogP contribution < -0.4 is 10.1 Å². The summed E-state index contributed by atoms with van der Waals surface area (Å²) in [6.45, 7) is 7.19. The predicted molar refractivity (Wildman–Crippen MR) is 132 cm³/mol. The zero-order chi connectivity index (χ0) is 23.8. The lowest BCUT2D eigenvalue weighted by Gasteiger charge is -2.11. The fraction of sp³-hybridized carbons (Fsp3) is 0.259. The monoisotopic (exact) mass is 446 g/mol. The van der Waals surface area contributed by atoms with Gasteiger partial charge in [0.05, 0.1) is 12.3 Å². The van der Waals surface area contributed by atoms with Crippen LogP contribution in [0, 0.1) is 0 Å². The molecule has 1 heterocycles. The number of fused-ring (bicyclic) bond motifs is 1. The maximum absolute atomic E-state index is 12.7. The summed E-state index contributed by atoms with van der Waals surface area (Å²) >= 11 is 0. The minimum atomic E-state index is -0.858. The molecule has 0 aliphatic rings. The van der Waals surface area contributed by atoms with Crippen LogP contribution in [-0.2, 0) is 16.1 Å². The lowest BCUT2D eigenvalue weighted by atomic mass is 10.0. The van der Waals surface area contributed by atoms with Crippen LogP contribution in [0.25, 0.3) is 16.5 Å². The summed E-state index contributed by atoms with van der Waals surface area (Å²) in [7, 11) is 0. The number of carboxylic acid groups (broad SMARTS) is 1. The molecule has 0 saturated carbocycles. The molecular formula is C27H30N2O4. The number of allylic oxidation sites excluding steroid dienone is 3. The van der Waals surface area contributed by atoms with Crippen molar-refractivity contribution in [1.82, 2.24) is 4.57 Å². The third kappa shape index (κ3) is 6.84. The van der Waals surface area contributed by atoms with Gasteiger partial charge < -0.3 is 19.7 Å². The summed E-state index contributed by atoms with van der Waals surface area (Å²) < 4.78 is 7.86. The lowest BCUT2D eigenvalue weighted by Crippen LogP contribution is -2.11. The minimum Gasteiger partial charge on any atom is -0.491 e. The average Bonchev–Trinajstić information content (AvgIpc) is 3.18. The van der Waals surface area contributed by atoms with Crippen molar-refractivity contribution in [3.05, 3.63) is 78.0 Å². The Kier molecular flexibility index (Phi) is 8.08. The van der Waals surface area contributed by atoms with Crippen LogP contribution in [0.4, 0.5) is 5.69 Å². The molecule has 0 atom stereocenters. The van der Waals surface area contributed by atoms with Gasteiger partial charge in [0, 0.05) is 36.1 Å². The van der Waals surface area contributed by atoms with Gasteiger partial charge in [0.15, 0.2) is 0 Å². The minimum absolute atomic E-state index is 0.0408. The van der Waals surface area contributed by atoms with Gasteiger partial charge >= 0.3 is 5.97 Å². The summed E-state index contributed by atoms with van der Waals surface area (Å²) in [6, 6.07) is 15.4. The van der Waals surface area contributed by atoms with Crippen LogP contribution >= 0.6 is 0 Å². The van der Waals surface area contributed by atoms with E-state index in [0.29, 0.717) is 17.9 Å². The van der Waals surface area contributed by atoms with Gasteiger partial charge in [-0.2, -0.15) is 0 Å². The molecule has 0 fully saturated rings. The van der Waals surface area contributed by atoms with Crippen LogP contribution in [0.2, 0.25) is 0 Å². The second-order valence-corrected chi connectivity index (χ2v) is 8.18. The van der Waals surface area contributed by atoms with Gasteiger partial charge in [-0.15, -0.1) is 0 Å². The Morgan fingerprint density at radius 1 is 1.09 bits per heavy atom. The number of amides is 1. The molecule has 2 aromatic carbocycles. The molecule has 0 saturated heterocycles. The number of hydrogen-bond acceptors (Lipinski definition) is 3. The van der Waals surface area contributed by atoms with E-state index in [1.807, 2.05) is 25.1 Å². The Morgan fingerprint density at radius 3 is 2.64 bits per heavy atom. The van der Waals surface area contributed by atoms with Gasteiger partial charge in [-0.25, -0.2) is 0 Å². The molecule has 0 unspecified atom stereocenters. The second-order valence-electron chi connectivity index (χ2n) is 8.18. The SMILES string of the molecule is CC(C)=CCn1ccc2cc(C(C)=CC(=O)Nc3ccccc3OCCCC(=O)O)ccc21. The largest absolute Gasteiger partial charge is 0.491 e. The number of benzene rings is 2. The number of carboxylic acids is 1. The molecule has 1 amide bonds. The van der Waals surface area contributed by atoms with E-state index in [9.17, 15) is 9.59 Å². The van der Waals surface area contributed by atoms with E-state index in [4.69, 9.17) is 9.84 Å². The number of ether oxygens (including phenoxy) is 1. The van der Waals surface area contributed by atoms with Crippen LogP contribution in [0.15, 0.2) is 72.5 Å². The molecule has 3 aromatic rings. The highest BCUT2D eigenvalue weighted by Gasteiger charge is 2.08. The number of anilines is 1. The van der Waals surface area contributed by atoms with Gasteiger partial charge in [0.2, 0.25) is 5.91 Å². The number of hydrogen-bond donors (Lipinski definition) is 2. The average molecular weight is 447 g/mol. The molecule has 172 valence electrons. The molecule has 0 radical (unpaired) electrons. The first-order chi connectivity index (χ1) is 15.8. The van der Waals surface area contributed by atoms with Crippen LogP contribution in [0.1, 0.15) is 39.2 Å². The third-order valence-electron chi connectivity index (χ3n) is 5.21. The van der Waals surface area contributed by atoms with Crippen molar-refractivity contribution in [2.75, 3.05) is 11.9 Å². The highest BCUT2D eigenvalue weighted by Crippen LogP contribution is 2.25. The standard InChI is InChI=1S/C27H30N2O4/c1-19(2)12-14-29-15-13-22-18-21(10-11-24(22)29)20(3)17-26(30)28-23-7-4-5-8-25(23)33-16-6-9-27(31)32/h4-5,7-8,10-13,15,17-18H,6,9,14,16H2,1-3H3,(H,28,30)(H,31,32). The zero-order valence-corrected chi connectivity index (χ0v) is 19.3. The first kappa shape index (κ1) is 23.9. The number of nitrogens with zero attached hydrogens (tertiary/aromatic N) is 1. The first-order valence-electron chi connectivity index (χ1n) is 11.0. The number of aromatic nitrogens is 1. The van der Waals surface area contributed by atoms with Gasteiger partial charge in [-0.1, -0.05) is 29.8 Å². The topological polar surface area (TPSA) is 80.6 Å². The Labute approximate surface area is 194 Å². The van der Waals surface area contributed by atoms with E-state index in [2.05, 4.69) is 54.2 Å². The van der Waals surface area contributed by atoms with E-state index >= 15 is 0 Å². The van der Waals surface area contributed by atoms with E-state index in [0.717, 1.165) is 28.6 Å². The third-order valence-corrected chi connectivity index (χ3v) is 5.21. The summed E-state index contributed by atoms with van der Waals surface area (Å²) in [5, 5.41) is 12.7. The molecule has 0 aliphatic heterocycles. The van der Waals surface area contributed by atoms with E-state index in [1.54, 1.807) is 18.2 Å². The number of para-hydroxylation sites is 2. The highest BCUT2D eigenvalue weighted by molar-refractivity contribution is 6.04. The lowest BCUT2D eigenvalue weighted by molar-refractivity contribution is -0.137.